The van der Waals surface area contributed by atoms with Gasteiger partial charge in [-0.05, 0) is 59.0 Å². The van der Waals surface area contributed by atoms with Gasteiger partial charge in [0.1, 0.15) is 5.76 Å². The van der Waals surface area contributed by atoms with Crippen LogP contribution < -0.4 is 5.14 Å². The van der Waals surface area contributed by atoms with Crippen molar-refractivity contribution in [1.82, 2.24) is 0 Å². The Morgan fingerprint density at radius 3 is 2.32 bits per heavy atom. The van der Waals surface area contributed by atoms with E-state index in [1.165, 1.54) is 6.92 Å². The van der Waals surface area contributed by atoms with E-state index in [1.54, 1.807) is 6.07 Å². The summed E-state index contributed by atoms with van der Waals surface area (Å²) in [6.07, 6.45) is 0.692. The van der Waals surface area contributed by atoms with E-state index in [0.29, 0.717) is 23.3 Å². The topological polar surface area (TPSA) is 86.5 Å². The predicted octanol–water partition coefficient (Wildman–Crippen LogP) is 4.00. The van der Waals surface area contributed by atoms with E-state index in [4.69, 9.17) is 9.88 Å². The van der Waals surface area contributed by atoms with E-state index in [0.717, 1.165) is 27.5 Å². The molecule has 0 saturated heterocycles. The molecular weight excluding hydrogens is 374 g/mol. The molecule has 0 amide bonds. The van der Waals surface area contributed by atoms with Crippen molar-refractivity contribution in [3.63, 3.8) is 0 Å². The molecule has 0 radical (unpaired) electrons. The molecule has 0 fully saturated rings. The van der Waals surface area contributed by atoms with Gasteiger partial charge in [-0.1, -0.05) is 36.4 Å². The molecule has 28 heavy (non-hydrogen) atoms. The smallest absolute Gasteiger partial charge is 0.308 e. The van der Waals surface area contributed by atoms with Gasteiger partial charge in [0.25, 0.3) is 0 Å². The van der Waals surface area contributed by atoms with Crippen LogP contribution in [0.4, 0.5) is 0 Å². The van der Waals surface area contributed by atoms with Crippen LogP contribution in [0.15, 0.2) is 65.1 Å². The number of hydrogen-bond donors (Lipinski definition) is 1. The van der Waals surface area contributed by atoms with Gasteiger partial charge in [0.05, 0.1) is 4.90 Å². The van der Waals surface area contributed by atoms with Crippen LogP contribution in [-0.2, 0) is 26.0 Å². The molecular formula is C22H19NO4S. The third-order valence-electron chi connectivity index (χ3n) is 4.91. The molecule has 142 valence electrons. The Morgan fingerprint density at radius 1 is 1.00 bits per heavy atom. The summed E-state index contributed by atoms with van der Waals surface area (Å²) in [5.74, 6) is 0.158. The Hall–Kier alpha value is -2.96. The molecule has 0 saturated carbocycles. The number of esters is 1. The molecule has 0 atom stereocenters. The Kier molecular flexibility index (Phi) is 4.33. The van der Waals surface area contributed by atoms with Crippen LogP contribution in [0.3, 0.4) is 0 Å². The molecule has 4 rings (SSSR count). The summed E-state index contributed by atoms with van der Waals surface area (Å²) >= 11 is 0. The van der Waals surface area contributed by atoms with Crippen molar-refractivity contribution in [2.45, 2.75) is 25.2 Å². The molecule has 0 bridgehead atoms. The second-order valence-corrected chi connectivity index (χ2v) is 8.52. The van der Waals surface area contributed by atoms with Crippen molar-refractivity contribution in [2.24, 2.45) is 5.14 Å². The number of nitrogens with two attached hydrogens (primary N) is 1. The fourth-order valence-electron chi connectivity index (χ4n) is 3.67. The lowest BCUT2D eigenvalue weighted by atomic mass is 9.97. The average molecular weight is 393 g/mol. The van der Waals surface area contributed by atoms with Crippen LogP contribution >= 0.6 is 0 Å². The minimum Gasteiger partial charge on any atom is -0.426 e. The lowest BCUT2D eigenvalue weighted by Crippen LogP contribution is -2.13. The quantitative estimate of drug-likeness (QED) is 0.681. The highest BCUT2D eigenvalue weighted by molar-refractivity contribution is 7.89. The molecule has 1 aliphatic carbocycles. The number of hydrogen-bond acceptors (Lipinski definition) is 4. The first-order chi connectivity index (χ1) is 13.2. The number of ether oxygens (including phenoxy) is 1. The summed E-state index contributed by atoms with van der Waals surface area (Å²) in [5.41, 5.74) is 4.03. The largest absolute Gasteiger partial charge is 0.426 e. The third kappa shape index (κ3) is 3.21. The normalized spacial score (nSPS) is 13.7. The molecule has 0 aliphatic heterocycles. The molecule has 2 N–H and O–H groups in total. The minimum atomic E-state index is -3.93. The molecule has 0 heterocycles. The summed E-state index contributed by atoms with van der Waals surface area (Å²) < 4.78 is 29.9. The summed E-state index contributed by atoms with van der Waals surface area (Å²) in [6, 6.07) is 16.6. The highest BCUT2D eigenvalue weighted by Gasteiger charge is 2.24. The van der Waals surface area contributed by atoms with E-state index in [1.807, 2.05) is 55.5 Å². The van der Waals surface area contributed by atoms with Gasteiger partial charge in [-0.25, -0.2) is 13.6 Å². The number of allylic oxidation sites excluding steroid dienone is 1. The Labute approximate surface area is 163 Å². The van der Waals surface area contributed by atoms with Gasteiger partial charge in [0.2, 0.25) is 10.0 Å². The fourth-order valence-corrected chi connectivity index (χ4v) is 4.45. The van der Waals surface area contributed by atoms with Gasteiger partial charge in [-0.3, -0.25) is 4.79 Å². The second-order valence-electron chi connectivity index (χ2n) is 6.99. The maximum Gasteiger partial charge on any atom is 0.308 e. The summed E-state index contributed by atoms with van der Waals surface area (Å²) in [6.45, 7) is 3.29. The number of carbonyl (C=O) groups excluding carboxylic acids is 1. The van der Waals surface area contributed by atoms with Gasteiger partial charge >= 0.3 is 5.97 Å². The molecule has 6 heteroatoms. The van der Waals surface area contributed by atoms with Crippen LogP contribution in [0.25, 0.3) is 27.7 Å². The molecule has 3 aromatic carbocycles. The molecule has 1 aliphatic rings. The Balaban J connectivity index is 1.95. The lowest BCUT2D eigenvalue weighted by Gasteiger charge is -2.13. The fraction of sp³-hybridized carbons (Fsp3) is 0.136. The zero-order valence-corrected chi connectivity index (χ0v) is 16.3. The van der Waals surface area contributed by atoms with Crippen molar-refractivity contribution >= 4 is 32.5 Å². The van der Waals surface area contributed by atoms with E-state index >= 15 is 0 Å². The highest BCUT2D eigenvalue weighted by Crippen LogP contribution is 2.38. The van der Waals surface area contributed by atoms with E-state index in [9.17, 15) is 13.2 Å². The van der Waals surface area contributed by atoms with Gasteiger partial charge < -0.3 is 4.74 Å². The molecule has 0 spiro atoms. The number of primary sulfonamides is 1. The standard InChI is InChI=1S/C22H19NO4S/c1-13-9-17-7-8-18(11-20(17)22(13)27-14(2)24)19-10-15-5-3-4-6-16(15)12-21(19)28(23,25)26/h3-8,10-12H,9H2,1-2H3,(H2,23,25,26). The summed E-state index contributed by atoms with van der Waals surface area (Å²) in [7, 11) is -3.93. The van der Waals surface area contributed by atoms with E-state index < -0.39 is 10.0 Å². The monoisotopic (exact) mass is 393 g/mol. The van der Waals surface area contributed by atoms with Gasteiger partial charge in [0, 0.05) is 18.1 Å². The maximum atomic E-state index is 12.3. The van der Waals surface area contributed by atoms with Crippen molar-refractivity contribution in [2.75, 3.05) is 0 Å². The van der Waals surface area contributed by atoms with Crippen molar-refractivity contribution in [3.8, 4) is 11.1 Å². The maximum absolute atomic E-state index is 12.3. The van der Waals surface area contributed by atoms with Crippen molar-refractivity contribution in [1.29, 1.82) is 0 Å². The lowest BCUT2D eigenvalue weighted by molar-refractivity contribution is -0.134. The van der Waals surface area contributed by atoms with Crippen LogP contribution in [0.1, 0.15) is 25.0 Å². The van der Waals surface area contributed by atoms with Crippen molar-refractivity contribution in [3.05, 3.63) is 71.3 Å². The van der Waals surface area contributed by atoms with E-state index in [-0.39, 0.29) is 10.9 Å². The first kappa shape index (κ1) is 18.4. The predicted molar refractivity (Wildman–Crippen MR) is 109 cm³/mol. The first-order valence-electron chi connectivity index (χ1n) is 8.81. The molecule has 0 aromatic heterocycles. The Bertz CT molecular complexity index is 1270. The van der Waals surface area contributed by atoms with Gasteiger partial charge in [0.15, 0.2) is 0 Å². The molecule has 3 aromatic rings. The Morgan fingerprint density at radius 2 is 1.68 bits per heavy atom. The van der Waals surface area contributed by atoms with Crippen LogP contribution in [-0.4, -0.2) is 14.4 Å². The zero-order valence-electron chi connectivity index (χ0n) is 15.5. The number of carbonyl (C=O) groups is 1. The van der Waals surface area contributed by atoms with Crippen LogP contribution in [0, 0.1) is 0 Å². The first-order valence-corrected chi connectivity index (χ1v) is 10.4. The number of rotatable bonds is 3. The molecule has 5 nitrogen and oxygen atoms in total. The highest BCUT2D eigenvalue weighted by atomic mass is 32.2. The zero-order chi connectivity index (χ0) is 20.1. The number of benzene rings is 3. The van der Waals surface area contributed by atoms with E-state index in [2.05, 4.69) is 0 Å². The molecule has 0 unspecified atom stereocenters. The number of sulfonamides is 1. The minimum absolute atomic E-state index is 0.0684. The SMILES string of the molecule is CC(=O)OC1=C(C)Cc2ccc(-c3cc4ccccc4cc3S(N)(=O)=O)cc21. The van der Waals surface area contributed by atoms with Crippen LogP contribution in [0.5, 0.6) is 0 Å². The summed E-state index contributed by atoms with van der Waals surface area (Å²) in [4.78, 5) is 11.6. The summed E-state index contributed by atoms with van der Waals surface area (Å²) in [5, 5.41) is 7.22. The van der Waals surface area contributed by atoms with Gasteiger partial charge in [-0.2, -0.15) is 0 Å². The number of fused-ring (bicyclic) bond motifs is 2. The van der Waals surface area contributed by atoms with Crippen molar-refractivity contribution < 1.29 is 17.9 Å². The second kappa shape index (κ2) is 6.58. The van der Waals surface area contributed by atoms with Crippen LogP contribution in [0.2, 0.25) is 0 Å². The average Bonchev–Trinajstić information content (AvgIpc) is 2.94. The third-order valence-corrected chi connectivity index (χ3v) is 5.86. The van der Waals surface area contributed by atoms with Gasteiger partial charge in [-0.15, -0.1) is 0 Å².